The molecule has 0 aliphatic rings. The fraction of sp³-hybridized carbons (Fsp3) is 0.417. The fourth-order valence-electron chi connectivity index (χ4n) is 1.57. The van der Waals surface area contributed by atoms with Gasteiger partial charge in [0.1, 0.15) is 0 Å². The zero-order chi connectivity index (χ0) is 12.8. The number of carbonyl (C=O) groups is 1. The lowest BCUT2D eigenvalue weighted by Gasteiger charge is -2.21. The minimum Gasteiger partial charge on any atom is -0.396 e. The molecule has 1 aromatic rings. The van der Waals surface area contributed by atoms with E-state index >= 15 is 0 Å². The number of hydrogen-bond donors (Lipinski definition) is 2. The molecule has 1 amide bonds. The summed E-state index contributed by atoms with van der Waals surface area (Å²) >= 11 is 0. The number of nitrogen functional groups attached to an aromatic ring is 1. The molecule has 1 aromatic carbocycles. The number of anilines is 2. The van der Waals surface area contributed by atoms with Crippen molar-refractivity contribution in [2.45, 2.75) is 6.92 Å². The summed E-state index contributed by atoms with van der Waals surface area (Å²) in [6, 6.07) is 5.24. The lowest BCUT2D eigenvalue weighted by molar-refractivity contribution is 0.100. The van der Waals surface area contributed by atoms with Gasteiger partial charge in [0.15, 0.2) is 0 Å². The monoisotopic (exact) mass is 237 g/mol. The smallest absolute Gasteiger partial charge is 0.250 e. The molecule has 0 aliphatic heterocycles. The molecule has 4 N–H and O–H groups in total. The van der Waals surface area contributed by atoms with Gasteiger partial charge in [-0.2, -0.15) is 0 Å². The van der Waals surface area contributed by atoms with E-state index in [-0.39, 0.29) is 0 Å². The Morgan fingerprint density at radius 3 is 2.76 bits per heavy atom. The van der Waals surface area contributed by atoms with Gasteiger partial charge in [-0.15, -0.1) is 0 Å². The molecule has 0 heterocycles. The van der Waals surface area contributed by atoms with E-state index in [1.807, 2.05) is 24.9 Å². The lowest BCUT2D eigenvalue weighted by Crippen LogP contribution is -2.24. The van der Waals surface area contributed by atoms with E-state index in [1.165, 1.54) is 0 Å². The second-order valence-electron chi connectivity index (χ2n) is 3.72. The average Bonchev–Trinajstić information content (AvgIpc) is 2.29. The van der Waals surface area contributed by atoms with Crippen LogP contribution in [0, 0.1) is 0 Å². The van der Waals surface area contributed by atoms with Crippen molar-refractivity contribution in [1.82, 2.24) is 0 Å². The molecule has 0 saturated carbocycles. The quantitative estimate of drug-likeness (QED) is 0.567. The summed E-state index contributed by atoms with van der Waals surface area (Å²) in [7, 11) is 1.90. The van der Waals surface area contributed by atoms with Crippen molar-refractivity contribution >= 4 is 17.3 Å². The zero-order valence-electron chi connectivity index (χ0n) is 10.3. The van der Waals surface area contributed by atoms with Crippen LogP contribution >= 0.6 is 0 Å². The molecule has 0 unspecified atom stereocenters. The molecule has 94 valence electrons. The SMILES string of the molecule is CCOCCN(C)c1cccc(C(N)=O)c1N. The summed E-state index contributed by atoms with van der Waals surface area (Å²) < 4.78 is 5.27. The fourth-order valence-corrected chi connectivity index (χ4v) is 1.57. The van der Waals surface area contributed by atoms with Gasteiger partial charge >= 0.3 is 0 Å². The van der Waals surface area contributed by atoms with Crippen LogP contribution in [0.5, 0.6) is 0 Å². The van der Waals surface area contributed by atoms with Crippen molar-refractivity contribution < 1.29 is 9.53 Å². The van der Waals surface area contributed by atoms with Crippen LogP contribution in [0.4, 0.5) is 11.4 Å². The average molecular weight is 237 g/mol. The van der Waals surface area contributed by atoms with Gasteiger partial charge in [-0.25, -0.2) is 0 Å². The van der Waals surface area contributed by atoms with Crippen molar-refractivity contribution in [3.8, 4) is 0 Å². The highest BCUT2D eigenvalue weighted by molar-refractivity contribution is 6.00. The number of nitrogens with zero attached hydrogens (tertiary/aromatic N) is 1. The Labute approximate surface area is 101 Å². The Morgan fingerprint density at radius 2 is 2.18 bits per heavy atom. The number of rotatable bonds is 6. The standard InChI is InChI=1S/C12H19N3O2/c1-3-17-8-7-15(2)10-6-4-5-9(11(10)13)12(14)16/h4-6H,3,7-8,13H2,1-2H3,(H2,14,16). The molecule has 0 saturated heterocycles. The second-order valence-corrected chi connectivity index (χ2v) is 3.72. The molecule has 0 spiro atoms. The minimum atomic E-state index is -0.512. The highest BCUT2D eigenvalue weighted by Crippen LogP contribution is 2.25. The molecule has 0 radical (unpaired) electrons. The first kappa shape index (κ1) is 13.3. The Balaban J connectivity index is 2.83. The summed E-state index contributed by atoms with van der Waals surface area (Å²) in [4.78, 5) is 13.1. The summed E-state index contributed by atoms with van der Waals surface area (Å²) in [6.07, 6.45) is 0. The van der Waals surface area contributed by atoms with Crippen LogP contribution in [0.15, 0.2) is 18.2 Å². The van der Waals surface area contributed by atoms with Crippen LogP contribution in [-0.2, 0) is 4.74 Å². The van der Waals surface area contributed by atoms with Crippen LogP contribution < -0.4 is 16.4 Å². The van der Waals surface area contributed by atoms with E-state index in [0.29, 0.717) is 31.0 Å². The predicted molar refractivity (Wildman–Crippen MR) is 69.1 cm³/mol. The van der Waals surface area contributed by atoms with Gasteiger partial charge in [-0.05, 0) is 19.1 Å². The largest absolute Gasteiger partial charge is 0.396 e. The number of likely N-dealkylation sites (N-methyl/N-ethyl adjacent to an activating group) is 1. The predicted octanol–water partition coefficient (Wildman–Crippen LogP) is 0.840. The van der Waals surface area contributed by atoms with Gasteiger partial charge in [0.2, 0.25) is 0 Å². The number of benzene rings is 1. The van der Waals surface area contributed by atoms with Crippen LogP contribution in [0.1, 0.15) is 17.3 Å². The molecule has 0 aliphatic carbocycles. The molecule has 0 fully saturated rings. The Morgan fingerprint density at radius 1 is 1.47 bits per heavy atom. The number of para-hydroxylation sites is 1. The topological polar surface area (TPSA) is 81.6 Å². The van der Waals surface area contributed by atoms with Crippen LogP contribution in [0.3, 0.4) is 0 Å². The third-order valence-electron chi connectivity index (χ3n) is 2.53. The molecule has 17 heavy (non-hydrogen) atoms. The van der Waals surface area contributed by atoms with Gasteiger partial charge in [0, 0.05) is 20.2 Å². The van der Waals surface area contributed by atoms with E-state index in [2.05, 4.69) is 0 Å². The van der Waals surface area contributed by atoms with Crippen molar-refractivity contribution in [1.29, 1.82) is 0 Å². The maximum atomic E-state index is 11.2. The zero-order valence-corrected chi connectivity index (χ0v) is 10.3. The van der Waals surface area contributed by atoms with E-state index in [9.17, 15) is 4.79 Å². The molecule has 5 heteroatoms. The number of carbonyl (C=O) groups excluding carboxylic acids is 1. The molecule has 0 atom stereocenters. The first-order valence-corrected chi connectivity index (χ1v) is 5.55. The Kier molecular flexibility index (Phi) is 4.78. The number of nitrogens with two attached hydrogens (primary N) is 2. The Hall–Kier alpha value is -1.75. The van der Waals surface area contributed by atoms with Crippen molar-refractivity contribution in [2.75, 3.05) is 37.4 Å². The number of amides is 1. The molecular formula is C12H19N3O2. The van der Waals surface area contributed by atoms with Gasteiger partial charge in [0.25, 0.3) is 5.91 Å². The second kappa shape index (κ2) is 6.10. The molecule has 0 aromatic heterocycles. The molecule has 5 nitrogen and oxygen atoms in total. The van der Waals surface area contributed by atoms with E-state index < -0.39 is 5.91 Å². The highest BCUT2D eigenvalue weighted by atomic mass is 16.5. The maximum absolute atomic E-state index is 11.2. The summed E-state index contributed by atoms with van der Waals surface area (Å²) in [5.41, 5.74) is 12.7. The van der Waals surface area contributed by atoms with Crippen LogP contribution in [-0.4, -0.2) is 32.7 Å². The van der Waals surface area contributed by atoms with Gasteiger partial charge in [-0.1, -0.05) is 6.07 Å². The third kappa shape index (κ3) is 3.35. The molecule has 0 bridgehead atoms. The third-order valence-corrected chi connectivity index (χ3v) is 2.53. The normalized spacial score (nSPS) is 10.2. The van der Waals surface area contributed by atoms with Gasteiger partial charge in [0.05, 0.1) is 23.5 Å². The Bertz CT molecular complexity index is 393. The van der Waals surface area contributed by atoms with E-state index in [0.717, 1.165) is 5.69 Å². The van der Waals surface area contributed by atoms with Crippen molar-refractivity contribution in [3.63, 3.8) is 0 Å². The first-order valence-electron chi connectivity index (χ1n) is 5.55. The maximum Gasteiger partial charge on any atom is 0.250 e. The van der Waals surface area contributed by atoms with E-state index in [1.54, 1.807) is 12.1 Å². The van der Waals surface area contributed by atoms with Crippen molar-refractivity contribution in [3.05, 3.63) is 23.8 Å². The molecule has 1 rings (SSSR count). The lowest BCUT2D eigenvalue weighted by atomic mass is 10.1. The van der Waals surface area contributed by atoms with Crippen LogP contribution in [0.2, 0.25) is 0 Å². The first-order chi connectivity index (χ1) is 8.07. The summed E-state index contributed by atoms with van der Waals surface area (Å²) in [6.45, 7) is 3.96. The number of primary amides is 1. The van der Waals surface area contributed by atoms with Gasteiger partial charge < -0.3 is 21.1 Å². The molecular weight excluding hydrogens is 218 g/mol. The summed E-state index contributed by atoms with van der Waals surface area (Å²) in [5, 5.41) is 0. The minimum absolute atomic E-state index is 0.353. The van der Waals surface area contributed by atoms with Crippen LogP contribution in [0.25, 0.3) is 0 Å². The summed E-state index contributed by atoms with van der Waals surface area (Å²) in [5.74, 6) is -0.512. The number of ether oxygens (including phenoxy) is 1. The van der Waals surface area contributed by atoms with E-state index in [4.69, 9.17) is 16.2 Å². The number of hydrogen-bond acceptors (Lipinski definition) is 4. The highest BCUT2D eigenvalue weighted by Gasteiger charge is 2.11. The van der Waals surface area contributed by atoms with Gasteiger partial charge in [-0.3, -0.25) is 4.79 Å². The van der Waals surface area contributed by atoms with Crippen molar-refractivity contribution in [2.24, 2.45) is 5.73 Å².